The third-order valence-electron chi connectivity index (χ3n) is 3.05. The number of thiophene rings is 1. The van der Waals surface area contributed by atoms with Crippen molar-refractivity contribution in [1.82, 2.24) is 5.43 Å². The molecular formula is C14H13ClN2OS. The SMILES string of the molecule is Cc1ccc2oc(C(NN)c3sccc3Cl)cc2c1. The number of nitrogens with two attached hydrogens (primary N) is 1. The van der Waals surface area contributed by atoms with E-state index < -0.39 is 0 Å². The molecule has 0 spiro atoms. The highest BCUT2D eigenvalue weighted by Crippen LogP contribution is 2.34. The largest absolute Gasteiger partial charge is 0.459 e. The van der Waals surface area contributed by atoms with Crippen LogP contribution in [0.25, 0.3) is 11.0 Å². The Morgan fingerprint density at radius 2 is 2.16 bits per heavy atom. The van der Waals surface area contributed by atoms with Gasteiger partial charge in [0.1, 0.15) is 17.4 Å². The van der Waals surface area contributed by atoms with E-state index in [1.807, 2.05) is 29.6 Å². The number of aryl methyl sites for hydroxylation is 1. The zero-order chi connectivity index (χ0) is 13.4. The Balaban J connectivity index is 2.09. The van der Waals surface area contributed by atoms with Crippen molar-refractivity contribution in [3.05, 3.63) is 56.9 Å². The van der Waals surface area contributed by atoms with Crippen LogP contribution in [0.3, 0.4) is 0 Å². The second kappa shape index (κ2) is 4.98. The van der Waals surface area contributed by atoms with Crippen LogP contribution in [0.5, 0.6) is 0 Å². The number of hydrogen-bond acceptors (Lipinski definition) is 4. The highest BCUT2D eigenvalue weighted by atomic mass is 35.5. The van der Waals surface area contributed by atoms with Gasteiger partial charge in [-0.2, -0.15) is 0 Å². The molecule has 3 N–H and O–H groups in total. The van der Waals surface area contributed by atoms with E-state index in [4.69, 9.17) is 21.9 Å². The molecule has 0 aliphatic carbocycles. The maximum absolute atomic E-state index is 6.16. The van der Waals surface area contributed by atoms with Crippen molar-refractivity contribution in [1.29, 1.82) is 0 Å². The Bertz CT molecular complexity index is 719. The number of nitrogens with one attached hydrogen (secondary N) is 1. The van der Waals surface area contributed by atoms with Gasteiger partial charge in [-0.1, -0.05) is 23.2 Å². The molecule has 1 aromatic carbocycles. The fourth-order valence-corrected chi connectivity index (χ4v) is 3.36. The van der Waals surface area contributed by atoms with Crippen LogP contribution < -0.4 is 11.3 Å². The van der Waals surface area contributed by atoms with Gasteiger partial charge in [0.2, 0.25) is 0 Å². The Labute approximate surface area is 119 Å². The molecule has 1 atom stereocenters. The minimum Gasteiger partial charge on any atom is -0.459 e. The summed E-state index contributed by atoms with van der Waals surface area (Å²) in [7, 11) is 0. The summed E-state index contributed by atoms with van der Waals surface area (Å²) in [5.74, 6) is 6.43. The third-order valence-corrected chi connectivity index (χ3v) is 4.47. The van der Waals surface area contributed by atoms with Crippen LogP contribution in [-0.2, 0) is 0 Å². The van der Waals surface area contributed by atoms with Gasteiger partial charge in [0, 0.05) is 10.3 Å². The molecule has 0 aliphatic rings. The number of furan rings is 1. The van der Waals surface area contributed by atoms with E-state index in [9.17, 15) is 0 Å². The lowest BCUT2D eigenvalue weighted by Gasteiger charge is -2.11. The fraction of sp³-hybridized carbons (Fsp3) is 0.143. The van der Waals surface area contributed by atoms with Gasteiger partial charge in [0.05, 0.1) is 5.02 Å². The second-order valence-corrected chi connectivity index (χ2v) is 5.78. The topological polar surface area (TPSA) is 51.2 Å². The van der Waals surface area contributed by atoms with Crippen molar-refractivity contribution >= 4 is 33.9 Å². The molecular weight excluding hydrogens is 280 g/mol. The first-order valence-electron chi connectivity index (χ1n) is 5.88. The van der Waals surface area contributed by atoms with Crippen molar-refractivity contribution in [3.63, 3.8) is 0 Å². The molecule has 0 amide bonds. The normalized spacial score (nSPS) is 13.0. The van der Waals surface area contributed by atoms with E-state index in [-0.39, 0.29) is 6.04 Å². The summed E-state index contributed by atoms with van der Waals surface area (Å²) in [6.07, 6.45) is 0. The van der Waals surface area contributed by atoms with Crippen LogP contribution in [0, 0.1) is 6.92 Å². The van der Waals surface area contributed by atoms with Crippen molar-refractivity contribution in [2.24, 2.45) is 5.84 Å². The lowest BCUT2D eigenvalue weighted by molar-refractivity contribution is 0.481. The van der Waals surface area contributed by atoms with E-state index in [1.165, 1.54) is 5.56 Å². The fourth-order valence-electron chi connectivity index (χ4n) is 2.12. The Hall–Kier alpha value is -1.33. The summed E-state index contributed by atoms with van der Waals surface area (Å²) in [4.78, 5) is 0.958. The molecule has 3 nitrogen and oxygen atoms in total. The van der Waals surface area contributed by atoms with E-state index in [2.05, 4.69) is 18.4 Å². The van der Waals surface area contributed by atoms with Crippen LogP contribution >= 0.6 is 22.9 Å². The molecule has 0 saturated heterocycles. The molecule has 5 heteroatoms. The average molecular weight is 293 g/mol. The molecule has 1 unspecified atom stereocenters. The van der Waals surface area contributed by atoms with Crippen molar-refractivity contribution < 1.29 is 4.42 Å². The van der Waals surface area contributed by atoms with Gasteiger partial charge in [-0.25, -0.2) is 5.43 Å². The summed E-state index contributed by atoms with van der Waals surface area (Å²) in [6.45, 7) is 2.06. The minimum absolute atomic E-state index is 0.222. The Kier molecular flexibility index (Phi) is 3.33. The van der Waals surface area contributed by atoms with Crippen molar-refractivity contribution in [3.8, 4) is 0 Å². The summed E-state index contributed by atoms with van der Waals surface area (Å²) in [6, 6.07) is 9.73. The van der Waals surface area contributed by atoms with Gasteiger partial charge in [0.15, 0.2) is 0 Å². The van der Waals surface area contributed by atoms with Gasteiger partial charge in [-0.3, -0.25) is 5.84 Å². The number of rotatable bonds is 3. The summed E-state index contributed by atoms with van der Waals surface area (Å²) in [5.41, 5.74) is 4.82. The standard InChI is InChI=1S/C14H13ClN2OS/c1-8-2-3-11-9(6-8)7-12(18-11)13(17-16)14-10(15)4-5-19-14/h2-7,13,17H,16H2,1H3. The molecule has 0 fully saturated rings. The predicted octanol–water partition coefficient (Wildman–Crippen LogP) is 4.01. The summed E-state index contributed by atoms with van der Waals surface area (Å²) < 4.78 is 5.86. The lowest BCUT2D eigenvalue weighted by atomic mass is 10.1. The van der Waals surface area contributed by atoms with Gasteiger partial charge in [0.25, 0.3) is 0 Å². The van der Waals surface area contributed by atoms with Crippen molar-refractivity contribution in [2.75, 3.05) is 0 Å². The van der Waals surface area contributed by atoms with Crippen LogP contribution in [0.2, 0.25) is 5.02 Å². The van der Waals surface area contributed by atoms with Crippen LogP contribution in [0.15, 0.2) is 40.1 Å². The summed E-state index contributed by atoms with van der Waals surface area (Å²) in [5, 5.41) is 3.71. The number of hydrogen-bond donors (Lipinski definition) is 2. The van der Waals surface area contributed by atoms with Gasteiger partial charge in [-0.05, 0) is 36.6 Å². The molecule has 0 radical (unpaired) electrons. The first-order valence-corrected chi connectivity index (χ1v) is 7.14. The second-order valence-electron chi connectivity index (χ2n) is 4.42. The molecule has 0 saturated carbocycles. The molecule has 98 valence electrons. The van der Waals surface area contributed by atoms with Crippen LogP contribution in [0.4, 0.5) is 0 Å². The molecule has 0 aliphatic heterocycles. The molecule has 3 rings (SSSR count). The molecule has 3 aromatic rings. The zero-order valence-corrected chi connectivity index (χ0v) is 11.9. The molecule has 19 heavy (non-hydrogen) atoms. The van der Waals surface area contributed by atoms with E-state index in [0.29, 0.717) is 5.02 Å². The first kappa shape index (κ1) is 12.7. The number of benzene rings is 1. The number of halogens is 1. The van der Waals surface area contributed by atoms with Gasteiger partial charge < -0.3 is 4.42 Å². The predicted molar refractivity (Wildman–Crippen MR) is 79.4 cm³/mol. The Morgan fingerprint density at radius 1 is 1.32 bits per heavy atom. The van der Waals surface area contributed by atoms with Crippen LogP contribution in [0.1, 0.15) is 22.2 Å². The smallest absolute Gasteiger partial charge is 0.134 e. The molecule has 2 aromatic heterocycles. The van der Waals surface area contributed by atoms with Crippen molar-refractivity contribution in [2.45, 2.75) is 13.0 Å². The zero-order valence-electron chi connectivity index (χ0n) is 10.3. The quantitative estimate of drug-likeness (QED) is 0.566. The maximum atomic E-state index is 6.16. The molecule has 2 heterocycles. The number of hydrazine groups is 1. The van der Waals surface area contributed by atoms with Gasteiger partial charge in [-0.15, -0.1) is 11.3 Å². The third kappa shape index (κ3) is 2.28. The Morgan fingerprint density at radius 3 is 2.84 bits per heavy atom. The lowest BCUT2D eigenvalue weighted by Crippen LogP contribution is -2.28. The highest BCUT2D eigenvalue weighted by molar-refractivity contribution is 7.10. The minimum atomic E-state index is -0.222. The van der Waals surface area contributed by atoms with Crippen LogP contribution in [-0.4, -0.2) is 0 Å². The maximum Gasteiger partial charge on any atom is 0.134 e. The first-order chi connectivity index (χ1) is 9.19. The number of fused-ring (bicyclic) bond motifs is 1. The monoisotopic (exact) mass is 292 g/mol. The summed E-state index contributed by atoms with van der Waals surface area (Å²) >= 11 is 7.72. The molecule has 0 bridgehead atoms. The van der Waals surface area contributed by atoms with E-state index >= 15 is 0 Å². The van der Waals surface area contributed by atoms with E-state index in [1.54, 1.807) is 11.3 Å². The average Bonchev–Trinajstić information content (AvgIpc) is 2.97. The highest BCUT2D eigenvalue weighted by Gasteiger charge is 2.20. The van der Waals surface area contributed by atoms with Gasteiger partial charge >= 0.3 is 0 Å². The van der Waals surface area contributed by atoms with E-state index in [0.717, 1.165) is 21.6 Å².